The van der Waals surface area contributed by atoms with Gasteiger partial charge < -0.3 is 4.90 Å². The molecule has 1 heterocycles. The first kappa shape index (κ1) is 12.2. The van der Waals surface area contributed by atoms with Gasteiger partial charge in [0.05, 0.1) is 0 Å². The molecule has 1 N–H and O–H groups in total. The molecule has 1 aromatic rings. The van der Waals surface area contributed by atoms with Crippen LogP contribution in [0.2, 0.25) is 0 Å². The smallest absolute Gasteiger partial charge is 0.128 e. The number of benzene rings is 1. The highest BCUT2D eigenvalue weighted by Crippen LogP contribution is 2.37. The number of nitrogens with zero attached hydrogens (tertiary/aromatic N) is 1. The quantitative estimate of drug-likeness (QED) is 0.624. The number of hydrogen-bond donors (Lipinski definition) is 1. The Bertz CT molecular complexity index is 379. The van der Waals surface area contributed by atoms with E-state index in [4.69, 9.17) is 5.41 Å². The SMILES string of the molecule is CCC1(CC)CCN(C(=N)c2ccccc2)C1. The first-order chi connectivity index (χ1) is 8.21. The average Bonchev–Trinajstić information content (AvgIpc) is 2.84. The summed E-state index contributed by atoms with van der Waals surface area (Å²) in [5.41, 5.74) is 1.48. The molecule has 92 valence electrons. The summed E-state index contributed by atoms with van der Waals surface area (Å²) in [6.45, 7) is 6.64. The van der Waals surface area contributed by atoms with Gasteiger partial charge in [-0.2, -0.15) is 0 Å². The van der Waals surface area contributed by atoms with Crippen LogP contribution in [0.3, 0.4) is 0 Å². The van der Waals surface area contributed by atoms with E-state index in [0.29, 0.717) is 11.3 Å². The molecule has 0 aromatic heterocycles. The number of nitrogens with one attached hydrogen (secondary N) is 1. The maximum absolute atomic E-state index is 8.28. The molecule has 2 rings (SSSR count). The van der Waals surface area contributed by atoms with Gasteiger partial charge in [-0.15, -0.1) is 0 Å². The fraction of sp³-hybridized carbons (Fsp3) is 0.533. The van der Waals surface area contributed by atoms with Gasteiger partial charge in [0.25, 0.3) is 0 Å². The molecule has 0 aliphatic carbocycles. The van der Waals surface area contributed by atoms with E-state index in [9.17, 15) is 0 Å². The summed E-state index contributed by atoms with van der Waals surface area (Å²) in [5.74, 6) is 0.689. The van der Waals surface area contributed by atoms with E-state index in [0.717, 1.165) is 18.7 Å². The van der Waals surface area contributed by atoms with Crippen LogP contribution in [0.5, 0.6) is 0 Å². The Hall–Kier alpha value is -1.31. The van der Waals surface area contributed by atoms with Crippen LogP contribution in [-0.2, 0) is 0 Å². The van der Waals surface area contributed by atoms with Crippen molar-refractivity contribution in [1.82, 2.24) is 4.90 Å². The molecule has 0 radical (unpaired) electrons. The van der Waals surface area contributed by atoms with Crippen molar-refractivity contribution in [1.29, 1.82) is 5.41 Å². The highest BCUT2D eigenvalue weighted by Gasteiger charge is 2.35. The lowest BCUT2D eigenvalue weighted by atomic mass is 9.82. The molecule has 2 nitrogen and oxygen atoms in total. The van der Waals surface area contributed by atoms with Crippen molar-refractivity contribution in [3.63, 3.8) is 0 Å². The van der Waals surface area contributed by atoms with E-state index in [1.807, 2.05) is 30.3 Å². The van der Waals surface area contributed by atoms with E-state index in [2.05, 4.69) is 18.7 Å². The summed E-state index contributed by atoms with van der Waals surface area (Å²) in [6, 6.07) is 10.1. The van der Waals surface area contributed by atoms with Gasteiger partial charge in [-0.25, -0.2) is 0 Å². The molecule has 0 saturated carbocycles. The van der Waals surface area contributed by atoms with E-state index in [-0.39, 0.29) is 0 Å². The van der Waals surface area contributed by atoms with Gasteiger partial charge >= 0.3 is 0 Å². The van der Waals surface area contributed by atoms with Gasteiger partial charge in [0, 0.05) is 18.7 Å². The van der Waals surface area contributed by atoms with E-state index < -0.39 is 0 Å². The first-order valence-electron chi connectivity index (χ1n) is 6.60. The van der Waals surface area contributed by atoms with Gasteiger partial charge in [-0.3, -0.25) is 5.41 Å². The molecule has 17 heavy (non-hydrogen) atoms. The second-order valence-corrected chi connectivity index (χ2v) is 5.09. The van der Waals surface area contributed by atoms with Crippen LogP contribution in [0.15, 0.2) is 30.3 Å². The molecule has 0 bridgehead atoms. The fourth-order valence-corrected chi connectivity index (χ4v) is 2.73. The standard InChI is InChI=1S/C15H22N2/c1-3-15(4-2)10-11-17(12-15)14(16)13-8-6-5-7-9-13/h5-9,16H,3-4,10-12H2,1-2H3. The summed E-state index contributed by atoms with van der Waals surface area (Å²) in [5, 5.41) is 8.28. The third-order valence-corrected chi connectivity index (χ3v) is 4.30. The van der Waals surface area contributed by atoms with Gasteiger partial charge in [0.1, 0.15) is 5.84 Å². The van der Waals surface area contributed by atoms with Crippen molar-refractivity contribution in [2.75, 3.05) is 13.1 Å². The Balaban J connectivity index is 2.09. The van der Waals surface area contributed by atoms with Crippen molar-refractivity contribution < 1.29 is 0 Å². The molecule has 1 aliphatic heterocycles. The molecule has 1 saturated heterocycles. The first-order valence-corrected chi connectivity index (χ1v) is 6.60. The minimum Gasteiger partial charge on any atom is -0.356 e. The zero-order valence-corrected chi connectivity index (χ0v) is 10.9. The lowest BCUT2D eigenvalue weighted by Crippen LogP contribution is -2.31. The monoisotopic (exact) mass is 230 g/mol. The molecular weight excluding hydrogens is 208 g/mol. The predicted molar refractivity (Wildman–Crippen MR) is 72.5 cm³/mol. The van der Waals surface area contributed by atoms with Crippen LogP contribution in [0, 0.1) is 10.8 Å². The predicted octanol–water partition coefficient (Wildman–Crippen LogP) is 3.52. The van der Waals surface area contributed by atoms with Crippen molar-refractivity contribution in [2.24, 2.45) is 5.41 Å². The van der Waals surface area contributed by atoms with Gasteiger partial charge in [0.2, 0.25) is 0 Å². The molecule has 1 aromatic carbocycles. The summed E-state index contributed by atoms with van der Waals surface area (Å²) in [6.07, 6.45) is 3.68. The van der Waals surface area contributed by atoms with Crippen molar-refractivity contribution in [3.8, 4) is 0 Å². The Morgan fingerprint density at radius 2 is 1.88 bits per heavy atom. The third kappa shape index (κ3) is 2.36. The normalized spacial score (nSPS) is 18.4. The van der Waals surface area contributed by atoms with E-state index >= 15 is 0 Å². The van der Waals surface area contributed by atoms with E-state index in [1.165, 1.54) is 19.3 Å². The topological polar surface area (TPSA) is 27.1 Å². The number of amidine groups is 1. The zero-order chi connectivity index (χ0) is 12.3. The fourth-order valence-electron chi connectivity index (χ4n) is 2.73. The minimum atomic E-state index is 0.446. The molecule has 2 heteroatoms. The molecule has 0 amide bonds. The largest absolute Gasteiger partial charge is 0.356 e. The Labute approximate surface area is 104 Å². The third-order valence-electron chi connectivity index (χ3n) is 4.30. The lowest BCUT2D eigenvalue weighted by Gasteiger charge is -2.27. The van der Waals surface area contributed by atoms with Crippen LogP contribution < -0.4 is 0 Å². The highest BCUT2D eigenvalue weighted by molar-refractivity contribution is 5.96. The Kier molecular flexibility index (Phi) is 3.51. The average molecular weight is 230 g/mol. The molecule has 0 atom stereocenters. The molecule has 1 fully saturated rings. The maximum Gasteiger partial charge on any atom is 0.128 e. The Morgan fingerprint density at radius 1 is 1.24 bits per heavy atom. The maximum atomic E-state index is 8.28. The Morgan fingerprint density at radius 3 is 2.41 bits per heavy atom. The van der Waals surface area contributed by atoms with Crippen LogP contribution in [0.4, 0.5) is 0 Å². The molecule has 0 spiro atoms. The van der Waals surface area contributed by atoms with Gasteiger partial charge in [-0.05, 0) is 24.7 Å². The van der Waals surface area contributed by atoms with Crippen LogP contribution >= 0.6 is 0 Å². The lowest BCUT2D eigenvalue weighted by molar-refractivity contribution is 0.277. The second-order valence-electron chi connectivity index (χ2n) is 5.09. The summed E-state index contributed by atoms with van der Waals surface area (Å²) in [4.78, 5) is 2.24. The summed E-state index contributed by atoms with van der Waals surface area (Å²) in [7, 11) is 0. The van der Waals surface area contributed by atoms with Crippen molar-refractivity contribution in [2.45, 2.75) is 33.1 Å². The van der Waals surface area contributed by atoms with Crippen LogP contribution in [0.25, 0.3) is 0 Å². The van der Waals surface area contributed by atoms with Crippen LogP contribution in [0.1, 0.15) is 38.7 Å². The molecule has 1 aliphatic rings. The number of rotatable bonds is 3. The van der Waals surface area contributed by atoms with Gasteiger partial charge in [-0.1, -0.05) is 44.2 Å². The molecular formula is C15H22N2. The number of hydrogen-bond acceptors (Lipinski definition) is 1. The minimum absolute atomic E-state index is 0.446. The van der Waals surface area contributed by atoms with Gasteiger partial charge in [0.15, 0.2) is 0 Å². The van der Waals surface area contributed by atoms with Crippen LogP contribution in [-0.4, -0.2) is 23.8 Å². The highest BCUT2D eigenvalue weighted by atomic mass is 15.2. The van der Waals surface area contributed by atoms with E-state index in [1.54, 1.807) is 0 Å². The van der Waals surface area contributed by atoms with Crippen molar-refractivity contribution >= 4 is 5.84 Å². The zero-order valence-electron chi connectivity index (χ0n) is 10.9. The second kappa shape index (κ2) is 4.91. The van der Waals surface area contributed by atoms with Crippen molar-refractivity contribution in [3.05, 3.63) is 35.9 Å². The molecule has 0 unspecified atom stereocenters. The summed E-state index contributed by atoms with van der Waals surface area (Å²) < 4.78 is 0. The number of likely N-dealkylation sites (tertiary alicyclic amines) is 1. The summed E-state index contributed by atoms with van der Waals surface area (Å²) >= 11 is 0.